The van der Waals surface area contributed by atoms with E-state index in [1.807, 2.05) is 12.3 Å². The van der Waals surface area contributed by atoms with E-state index in [9.17, 15) is 4.53 Å². The van der Waals surface area contributed by atoms with Gasteiger partial charge in [-0.05, 0) is 36.5 Å². The van der Waals surface area contributed by atoms with Crippen molar-refractivity contribution < 1.29 is 9.47 Å². The molecule has 0 radical (unpaired) electrons. The standard InChI is InChI=1S/C15H20FNO/c1-3-5-7-11(4-2)12-10-17-13-8-6-9-14(18-16)15(12)13/h6,8-11,17H,3-5,7H2,1-2H3. The van der Waals surface area contributed by atoms with Crippen molar-refractivity contribution in [2.24, 2.45) is 0 Å². The Hall–Kier alpha value is -1.51. The van der Waals surface area contributed by atoms with Crippen LogP contribution in [-0.4, -0.2) is 4.98 Å². The highest BCUT2D eigenvalue weighted by Gasteiger charge is 2.17. The average Bonchev–Trinajstić information content (AvgIpc) is 2.84. The van der Waals surface area contributed by atoms with Crippen molar-refractivity contribution in [1.82, 2.24) is 4.98 Å². The molecule has 1 atom stereocenters. The highest BCUT2D eigenvalue weighted by atomic mass is 19.3. The number of H-pyrrole nitrogens is 1. The molecule has 2 nitrogen and oxygen atoms in total. The van der Waals surface area contributed by atoms with Crippen LogP contribution in [0.25, 0.3) is 10.9 Å². The maximum absolute atomic E-state index is 12.6. The van der Waals surface area contributed by atoms with Crippen LogP contribution < -0.4 is 4.94 Å². The molecule has 2 aromatic rings. The summed E-state index contributed by atoms with van der Waals surface area (Å²) in [6.45, 7) is 4.37. The zero-order chi connectivity index (χ0) is 13.0. The predicted molar refractivity (Wildman–Crippen MR) is 72.6 cm³/mol. The molecule has 1 aromatic heterocycles. The quantitative estimate of drug-likeness (QED) is 0.755. The highest BCUT2D eigenvalue weighted by Crippen LogP contribution is 2.36. The van der Waals surface area contributed by atoms with Gasteiger partial charge in [0, 0.05) is 21.6 Å². The number of halogens is 1. The van der Waals surface area contributed by atoms with Gasteiger partial charge in [-0.2, -0.15) is 0 Å². The number of nitrogens with one attached hydrogen (secondary N) is 1. The third-order valence-electron chi connectivity index (χ3n) is 3.62. The van der Waals surface area contributed by atoms with Gasteiger partial charge in [0.2, 0.25) is 0 Å². The number of benzene rings is 1. The van der Waals surface area contributed by atoms with Crippen molar-refractivity contribution >= 4 is 10.9 Å². The first-order chi connectivity index (χ1) is 8.81. The summed E-state index contributed by atoms with van der Waals surface area (Å²) in [5.41, 5.74) is 2.12. The number of aromatic nitrogens is 1. The van der Waals surface area contributed by atoms with Crippen molar-refractivity contribution in [2.75, 3.05) is 0 Å². The summed E-state index contributed by atoms with van der Waals surface area (Å²) in [4.78, 5) is 7.21. The molecule has 1 unspecified atom stereocenters. The molecule has 1 aromatic carbocycles. The third-order valence-corrected chi connectivity index (χ3v) is 3.62. The van der Waals surface area contributed by atoms with E-state index < -0.39 is 0 Å². The number of fused-ring (bicyclic) bond motifs is 1. The van der Waals surface area contributed by atoms with Crippen LogP contribution in [0.15, 0.2) is 24.4 Å². The fourth-order valence-electron chi connectivity index (χ4n) is 2.59. The van der Waals surface area contributed by atoms with Crippen molar-refractivity contribution in [1.29, 1.82) is 0 Å². The number of unbranched alkanes of at least 4 members (excludes halogenated alkanes) is 1. The van der Waals surface area contributed by atoms with Gasteiger partial charge in [-0.25, -0.2) is 0 Å². The maximum Gasteiger partial charge on any atom is 0.181 e. The maximum atomic E-state index is 12.6. The Balaban J connectivity index is 2.42. The molecule has 1 N–H and O–H groups in total. The number of hydrogen-bond donors (Lipinski definition) is 1. The van der Waals surface area contributed by atoms with Crippen LogP contribution in [0.4, 0.5) is 4.53 Å². The van der Waals surface area contributed by atoms with Crippen LogP contribution >= 0.6 is 0 Å². The molecule has 0 fully saturated rings. The predicted octanol–water partition coefficient (Wildman–Crippen LogP) is 5.12. The molecule has 1 heterocycles. The van der Waals surface area contributed by atoms with Crippen molar-refractivity contribution in [3.8, 4) is 5.75 Å². The molecule has 0 saturated heterocycles. The molecule has 0 bridgehead atoms. The number of hydrogen-bond acceptors (Lipinski definition) is 1. The van der Waals surface area contributed by atoms with E-state index in [0.717, 1.165) is 23.7 Å². The topological polar surface area (TPSA) is 25.0 Å². The second-order valence-electron chi connectivity index (χ2n) is 4.75. The van der Waals surface area contributed by atoms with E-state index in [-0.39, 0.29) is 0 Å². The van der Waals surface area contributed by atoms with E-state index in [1.54, 1.807) is 12.1 Å². The Kier molecular flexibility index (Phi) is 4.24. The summed E-state index contributed by atoms with van der Waals surface area (Å²) in [6.07, 6.45) is 6.58. The molecular formula is C15H20FNO. The van der Waals surface area contributed by atoms with E-state index in [1.165, 1.54) is 18.4 Å². The summed E-state index contributed by atoms with van der Waals surface area (Å²) in [5, 5.41) is 0.892. The second kappa shape index (κ2) is 5.89. The van der Waals surface area contributed by atoms with E-state index >= 15 is 0 Å². The van der Waals surface area contributed by atoms with E-state index in [4.69, 9.17) is 0 Å². The molecular weight excluding hydrogens is 229 g/mol. The lowest BCUT2D eigenvalue weighted by Gasteiger charge is -2.14. The molecule has 18 heavy (non-hydrogen) atoms. The lowest BCUT2D eigenvalue weighted by Crippen LogP contribution is -1.96. The van der Waals surface area contributed by atoms with E-state index in [0.29, 0.717) is 11.7 Å². The molecule has 3 heteroatoms. The van der Waals surface area contributed by atoms with Gasteiger partial charge in [-0.15, -0.1) is 0 Å². The van der Waals surface area contributed by atoms with Gasteiger partial charge in [0.1, 0.15) is 0 Å². The van der Waals surface area contributed by atoms with Gasteiger partial charge in [0.05, 0.1) is 0 Å². The summed E-state index contributed by atoms with van der Waals surface area (Å²) < 4.78 is 12.6. The van der Waals surface area contributed by atoms with Gasteiger partial charge in [0.25, 0.3) is 0 Å². The van der Waals surface area contributed by atoms with Gasteiger partial charge in [0.15, 0.2) is 5.75 Å². The zero-order valence-corrected chi connectivity index (χ0v) is 11.0. The summed E-state index contributed by atoms with van der Waals surface area (Å²) >= 11 is 0. The van der Waals surface area contributed by atoms with Gasteiger partial charge in [-0.1, -0.05) is 32.8 Å². The molecule has 98 valence electrons. The minimum Gasteiger partial charge on any atom is -0.361 e. The normalized spacial score (nSPS) is 12.8. The minimum atomic E-state index is 0.318. The Morgan fingerprint density at radius 2 is 2.17 bits per heavy atom. The monoisotopic (exact) mass is 249 g/mol. The molecule has 0 aliphatic rings. The van der Waals surface area contributed by atoms with Gasteiger partial charge in [-0.3, -0.25) is 4.94 Å². The fraction of sp³-hybridized carbons (Fsp3) is 0.467. The van der Waals surface area contributed by atoms with Crippen LogP contribution in [0.2, 0.25) is 0 Å². The lowest BCUT2D eigenvalue weighted by molar-refractivity contribution is -0.00429. The third kappa shape index (κ3) is 2.35. The Morgan fingerprint density at radius 1 is 1.33 bits per heavy atom. The summed E-state index contributed by atoms with van der Waals surface area (Å²) in [5.74, 6) is 0.786. The first-order valence-corrected chi connectivity index (χ1v) is 6.70. The van der Waals surface area contributed by atoms with Crippen molar-refractivity contribution in [3.05, 3.63) is 30.0 Å². The average molecular weight is 249 g/mol. The van der Waals surface area contributed by atoms with Crippen molar-refractivity contribution in [2.45, 2.75) is 45.4 Å². The SMILES string of the molecule is CCCCC(CC)c1c[nH]c2cccc(OF)c12. The first-order valence-electron chi connectivity index (χ1n) is 6.70. The lowest BCUT2D eigenvalue weighted by atomic mass is 9.91. The van der Waals surface area contributed by atoms with Gasteiger partial charge >= 0.3 is 0 Å². The summed E-state index contributed by atoms with van der Waals surface area (Å²) in [6, 6.07) is 5.42. The zero-order valence-electron chi connectivity index (χ0n) is 11.0. The summed E-state index contributed by atoms with van der Waals surface area (Å²) in [7, 11) is 0. The Labute approximate surface area is 107 Å². The molecule has 2 rings (SSSR count). The van der Waals surface area contributed by atoms with Crippen LogP contribution in [0, 0.1) is 0 Å². The second-order valence-corrected chi connectivity index (χ2v) is 4.75. The Morgan fingerprint density at radius 3 is 2.83 bits per heavy atom. The Bertz CT molecular complexity index is 506. The molecule has 0 aliphatic heterocycles. The number of rotatable bonds is 6. The molecule has 0 saturated carbocycles. The van der Waals surface area contributed by atoms with E-state index in [2.05, 4.69) is 23.8 Å². The number of aromatic amines is 1. The minimum absolute atomic E-state index is 0.318. The first kappa shape index (κ1) is 12.9. The molecule has 0 amide bonds. The van der Waals surface area contributed by atoms with Crippen LogP contribution in [-0.2, 0) is 0 Å². The fourth-order valence-corrected chi connectivity index (χ4v) is 2.59. The largest absolute Gasteiger partial charge is 0.361 e. The molecule has 0 spiro atoms. The molecule has 0 aliphatic carbocycles. The highest BCUT2D eigenvalue weighted by molar-refractivity contribution is 5.89. The van der Waals surface area contributed by atoms with Crippen molar-refractivity contribution in [3.63, 3.8) is 0 Å². The van der Waals surface area contributed by atoms with Gasteiger partial charge < -0.3 is 4.98 Å². The van der Waals surface area contributed by atoms with Crippen LogP contribution in [0.1, 0.15) is 51.0 Å². The van der Waals surface area contributed by atoms with Crippen LogP contribution in [0.5, 0.6) is 5.75 Å². The van der Waals surface area contributed by atoms with Crippen LogP contribution in [0.3, 0.4) is 0 Å². The smallest absolute Gasteiger partial charge is 0.181 e.